The molecule has 9 heteroatoms. The molecule has 1 aliphatic rings. The van der Waals surface area contributed by atoms with Gasteiger partial charge in [0.1, 0.15) is 17.6 Å². The number of esters is 1. The van der Waals surface area contributed by atoms with Crippen molar-refractivity contribution in [2.24, 2.45) is 0 Å². The number of nitrogens with zero attached hydrogens (tertiary/aromatic N) is 3. The molecule has 0 aliphatic carbocycles. The Hall–Kier alpha value is -3.36. The average Bonchev–Trinajstić information content (AvgIpc) is 2.96. The lowest BCUT2D eigenvalue weighted by Crippen LogP contribution is -2.09. The van der Waals surface area contributed by atoms with Crippen molar-refractivity contribution in [3.05, 3.63) is 35.2 Å². The highest BCUT2D eigenvalue weighted by Crippen LogP contribution is 2.35. The first-order chi connectivity index (χ1) is 12.9. The molecule has 2 heterocycles. The Morgan fingerprint density at radius 2 is 2.04 bits per heavy atom. The second kappa shape index (κ2) is 7.90. The molecule has 0 saturated heterocycles. The number of aromatic nitrogens is 3. The molecule has 0 amide bonds. The number of hydrogen-bond donors (Lipinski definition) is 2. The molecule has 0 radical (unpaired) electrons. The summed E-state index contributed by atoms with van der Waals surface area (Å²) in [5.74, 6) is 1.04. The maximum Gasteiger partial charge on any atom is 0.331 e. The molecule has 1 aromatic carbocycles. The quantitative estimate of drug-likeness (QED) is 0.572. The van der Waals surface area contributed by atoms with Crippen LogP contribution in [0.5, 0.6) is 11.5 Å². The van der Waals surface area contributed by atoms with Crippen LogP contribution in [0, 0.1) is 0 Å². The third-order valence-electron chi connectivity index (χ3n) is 3.79. The molecule has 0 spiro atoms. The van der Waals surface area contributed by atoms with Crippen LogP contribution in [0.15, 0.2) is 18.2 Å². The zero-order chi connectivity index (χ0) is 19.4. The number of ether oxygens (including phenoxy) is 3. The van der Waals surface area contributed by atoms with Crippen molar-refractivity contribution in [1.82, 2.24) is 15.0 Å². The first kappa shape index (κ1) is 18.4. The van der Waals surface area contributed by atoms with Gasteiger partial charge in [-0.05, 0) is 32.1 Å². The summed E-state index contributed by atoms with van der Waals surface area (Å²) < 4.78 is 16.5. The molecule has 3 rings (SSSR count). The molecule has 1 aliphatic heterocycles. The summed E-state index contributed by atoms with van der Waals surface area (Å²) in [7, 11) is 0. The largest absolute Gasteiger partial charge is 0.493 e. The number of nitrogen functional groups attached to an aromatic ring is 2. The van der Waals surface area contributed by atoms with E-state index in [0.717, 1.165) is 23.3 Å². The lowest BCUT2D eigenvalue weighted by molar-refractivity contribution is -0.139. The fraction of sp³-hybridized carbons (Fsp3) is 0.333. The zero-order valence-corrected chi connectivity index (χ0v) is 15.1. The molecule has 0 saturated carbocycles. The third kappa shape index (κ3) is 4.63. The maximum absolute atomic E-state index is 12.0. The number of benzene rings is 1. The number of nitrogens with two attached hydrogens (primary N) is 2. The van der Waals surface area contributed by atoms with Gasteiger partial charge in [-0.1, -0.05) is 0 Å². The van der Waals surface area contributed by atoms with Crippen molar-refractivity contribution in [3.8, 4) is 11.5 Å². The van der Waals surface area contributed by atoms with E-state index in [1.165, 1.54) is 6.08 Å². The summed E-state index contributed by atoms with van der Waals surface area (Å²) in [5.41, 5.74) is 12.8. The summed E-state index contributed by atoms with van der Waals surface area (Å²) in [6, 6.07) is 3.81. The third-order valence-corrected chi connectivity index (χ3v) is 3.79. The van der Waals surface area contributed by atoms with Gasteiger partial charge in [0.05, 0.1) is 6.61 Å². The summed E-state index contributed by atoms with van der Waals surface area (Å²) in [6.45, 7) is 4.26. The van der Waals surface area contributed by atoms with Gasteiger partial charge in [0, 0.05) is 23.6 Å². The molecule has 1 atom stereocenters. The highest BCUT2D eigenvalue weighted by molar-refractivity contribution is 5.87. The van der Waals surface area contributed by atoms with Crippen LogP contribution in [0.3, 0.4) is 0 Å². The Labute approximate surface area is 156 Å². The van der Waals surface area contributed by atoms with Crippen LogP contribution in [0.1, 0.15) is 30.8 Å². The molecule has 142 valence electrons. The minimum Gasteiger partial charge on any atom is -0.493 e. The summed E-state index contributed by atoms with van der Waals surface area (Å²) >= 11 is 0. The van der Waals surface area contributed by atoms with E-state index in [-0.39, 0.29) is 30.4 Å². The summed E-state index contributed by atoms with van der Waals surface area (Å²) in [5, 5.41) is 0. The van der Waals surface area contributed by atoms with Gasteiger partial charge in [-0.15, -0.1) is 0 Å². The molecule has 4 N–H and O–H groups in total. The normalized spacial score (nSPS) is 15.4. The van der Waals surface area contributed by atoms with E-state index in [1.54, 1.807) is 6.08 Å². The minimum atomic E-state index is -0.565. The minimum absolute atomic E-state index is 0.0298. The lowest BCUT2D eigenvalue weighted by Gasteiger charge is -2.10. The smallest absolute Gasteiger partial charge is 0.331 e. The van der Waals surface area contributed by atoms with Crippen molar-refractivity contribution in [2.75, 3.05) is 18.1 Å². The van der Waals surface area contributed by atoms with Crippen molar-refractivity contribution in [1.29, 1.82) is 0 Å². The fourth-order valence-corrected chi connectivity index (χ4v) is 2.73. The number of fused-ring (bicyclic) bond motifs is 1. The van der Waals surface area contributed by atoms with Crippen molar-refractivity contribution in [2.45, 2.75) is 33.0 Å². The Kier molecular flexibility index (Phi) is 5.39. The second-order valence-electron chi connectivity index (χ2n) is 5.97. The first-order valence-corrected chi connectivity index (χ1v) is 8.51. The van der Waals surface area contributed by atoms with Crippen molar-refractivity contribution < 1.29 is 19.0 Å². The van der Waals surface area contributed by atoms with Crippen LogP contribution in [0.4, 0.5) is 11.9 Å². The average molecular weight is 371 g/mol. The Bertz CT molecular complexity index is 864. The van der Waals surface area contributed by atoms with Gasteiger partial charge in [0.2, 0.25) is 11.9 Å². The van der Waals surface area contributed by atoms with E-state index >= 15 is 0 Å². The van der Waals surface area contributed by atoms with Gasteiger partial charge < -0.3 is 25.7 Å². The maximum atomic E-state index is 12.0. The summed E-state index contributed by atoms with van der Waals surface area (Å²) in [6.07, 6.45) is 3.88. The molecular weight excluding hydrogens is 350 g/mol. The molecule has 2 aromatic rings. The topological polar surface area (TPSA) is 135 Å². The highest BCUT2D eigenvalue weighted by Gasteiger charge is 2.21. The van der Waals surface area contributed by atoms with Gasteiger partial charge >= 0.3 is 5.97 Å². The standard InChI is InChI=1S/C18H21N5O4/c1-3-25-13-8-12-6-10(2)27-14(12)7-11(13)4-5-16(24)26-9-15-21-17(19)23-18(20)22-15/h4-5,7-8,10H,3,6,9H2,1-2H3,(H4,19,20,21,22,23)/b5-4+/t10-/m0/s1. The zero-order valence-electron chi connectivity index (χ0n) is 15.1. The van der Waals surface area contributed by atoms with E-state index < -0.39 is 5.97 Å². The number of carbonyl (C=O) groups excluding carboxylic acids is 1. The highest BCUT2D eigenvalue weighted by atomic mass is 16.5. The fourth-order valence-electron chi connectivity index (χ4n) is 2.73. The van der Waals surface area contributed by atoms with E-state index in [9.17, 15) is 4.79 Å². The van der Waals surface area contributed by atoms with Crippen LogP contribution in [0.25, 0.3) is 6.08 Å². The molecule has 9 nitrogen and oxygen atoms in total. The number of hydrogen-bond acceptors (Lipinski definition) is 9. The predicted molar refractivity (Wildman–Crippen MR) is 98.9 cm³/mol. The van der Waals surface area contributed by atoms with Gasteiger partial charge in [-0.3, -0.25) is 0 Å². The first-order valence-electron chi connectivity index (χ1n) is 8.51. The monoisotopic (exact) mass is 371 g/mol. The second-order valence-corrected chi connectivity index (χ2v) is 5.97. The van der Waals surface area contributed by atoms with E-state index in [4.69, 9.17) is 25.7 Å². The predicted octanol–water partition coefficient (Wildman–Crippen LogP) is 1.51. The van der Waals surface area contributed by atoms with Crippen molar-refractivity contribution >= 4 is 23.9 Å². The van der Waals surface area contributed by atoms with E-state index in [0.29, 0.717) is 12.4 Å². The van der Waals surface area contributed by atoms with Gasteiger partial charge in [0.25, 0.3) is 0 Å². The van der Waals surface area contributed by atoms with Crippen molar-refractivity contribution in [3.63, 3.8) is 0 Å². The molecule has 1 aromatic heterocycles. The van der Waals surface area contributed by atoms with Crippen LogP contribution >= 0.6 is 0 Å². The van der Waals surface area contributed by atoms with E-state index in [2.05, 4.69) is 15.0 Å². The van der Waals surface area contributed by atoms with Gasteiger partial charge in [-0.25, -0.2) is 4.79 Å². The molecule has 0 unspecified atom stereocenters. The van der Waals surface area contributed by atoms with Gasteiger partial charge in [0.15, 0.2) is 12.4 Å². The van der Waals surface area contributed by atoms with Crippen LogP contribution in [0.2, 0.25) is 0 Å². The Morgan fingerprint density at radius 3 is 2.74 bits per heavy atom. The van der Waals surface area contributed by atoms with Crippen LogP contribution < -0.4 is 20.9 Å². The molecular formula is C18H21N5O4. The number of carbonyl (C=O) groups is 1. The lowest BCUT2D eigenvalue weighted by atomic mass is 10.1. The SMILES string of the molecule is CCOc1cc2c(cc1/C=C/C(=O)OCc1nc(N)nc(N)n1)O[C@@H](C)C2. The molecule has 0 bridgehead atoms. The van der Waals surface area contributed by atoms with Crippen LogP contribution in [-0.4, -0.2) is 33.6 Å². The Morgan fingerprint density at radius 1 is 1.30 bits per heavy atom. The van der Waals surface area contributed by atoms with E-state index in [1.807, 2.05) is 26.0 Å². The summed E-state index contributed by atoms with van der Waals surface area (Å²) in [4.78, 5) is 23.3. The number of anilines is 2. The van der Waals surface area contributed by atoms with Gasteiger partial charge in [-0.2, -0.15) is 15.0 Å². The molecule has 0 fully saturated rings. The van der Waals surface area contributed by atoms with Crippen LogP contribution in [-0.2, 0) is 22.6 Å². The molecule has 27 heavy (non-hydrogen) atoms. The number of rotatable bonds is 6. The Balaban J connectivity index is 1.69.